The van der Waals surface area contributed by atoms with Gasteiger partial charge in [0.2, 0.25) is 0 Å². The second-order valence-corrected chi connectivity index (χ2v) is 7.43. The predicted octanol–water partition coefficient (Wildman–Crippen LogP) is 3.93. The van der Waals surface area contributed by atoms with Crippen LogP contribution in [0.5, 0.6) is 0 Å². The average Bonchev–Trinajstić information content (AvgIpc) is 2.85. The molecule has 1 aromatic rings. The molecule has 27 heavy (non-hydrogen) atoms. The smallest absolute Gasteiger partial charge is 0.409 e. The predicted molar refractivity (Wildman–Crippen MR) is 103 cm³/mol. The van der Waals surface area contributed by atoms with Crippen LogP contribution in [0.3, 0.4) is 0 Å². The minimum atomic E-state index is -0.544. The van der Waals surface area contributed by atoms with Crippen LogP contribution in [0.15, 0.2) is 23.2 Å². The van der Waals surface area contributed by atoms with Crippen LogP contribution < -0.4 is 0 Å². The number of ether oxygens (including phenoxy) is 1. The molecule has 6 nitrogen and oxygen atoms in total. The average molecular weight is 432 g/mol. The third-order valence-electron chi connectivity index (χ3n) is 4.61. The van der Waals surface area contributed by atoms with Crippen LogP contribution in [0, 0.1) is 0 Å². The SMILES string of the molecule is CCOC(=O)N1CCC(N2C(=O)C(Cl)=C(c3ccc(Cl)cc3Cl)C2=O)CC1. The van der Waals surface area contributed by atoms with E-state index < -0.39 is 11.8 Å². The highest BCUT2D eigenvalue weighted by molar-refractivity contribution is 6.55. The highest BCUT2D eigenvalue weighted by Crippen LogP contribution is 2.38. The lowest BCUT2D eigenvalue weighted by Gasteiger charge is -2.35. The van der Waals surface area contributed by atoms with E-state index in [9.17, 15) is 14.4 Å². The molecule has 0 N–H and O–H groups in total. The number of amides is 3. The number of rotatable bonds is 3. The first kappa shape index (κ1) is 20.0. The molecule has 2 heterocycles. The summed E-state index contributed by atoms with van der Waals surface area (Å²) in [6, 6.07) is 4.31. The fraction of sp³-hybridized carbons (Fsp3) is 0.389. The van der Waals surface area contributed by atoms with Gasteiger partial charge >= 0.3 is 6.09 Å². The Labute approximate surface area is 171 Å². The van der Waals surface area contributed by atoms with Crippen LogP contribution in [0.25, 0.3) is 5.57 Å². The van der Waals surface area contributed by atoms with Crippen molar-refractivity contribution in [1.29, 1.82) is 0 Å². The summed E-state index contributed by atoms with van der Waals surface area (Å²) in [6.45, 7) is 2.83. The fourth-order valence-electron chi connectivity index (χ4n) is 3.30. The largest absolute Gasteiger partial charge is 0.450 e. The minimum absolute atomic E-state index is 0.0798. The molecule has 0 aliphatic carbocycles. The van der Waals surface area contributed by atoms with Crippen molar-refractivity contribution in [3.05, 3.63) is 38.8 Å². The van der Waals surface area contributed by atoms with Crippen molar-refractivity contribution in [3.63, 3.8) is 0 Å². The van der Waals surface area contributed by atoms with Crippen LogP contribution in [-0.4, -0.2) is 53.4 Å². The number of nitrogens with zero attached hydrogens (tertiary/aromatic N) is 2. The molecular formula is C18H17Cl3N2O4. The fourth-order valence-corrected chi connectivity index (χ4v) is 4.07. The molecule has 1 fully saturated rings. The van der Waals surface area contributed by atoms with Gasteiger partial charge in [0.15, 0.2) is 0 Å². The normalized spacial score (nSPS) is 18.5. The second-order valence-electron chi connectivity index (χ2n) is 6.21. The van der Waals surface area contributed by atoms with E-state index in [1.54, 1.807) is 24.0 Å². The lowest BCUT2D eigenvalue weighted by molar-refractivity contribution is -0.140. The Balaban J connectivity index is 1.78. The summed E-state index contributed by atoms with van der Waals surface area (Å²) >= 11 is 18.3. The molecule has 3 rings (SSSR count). The number of hydrogen-bond donors (Lipinski definition) is 0. The van der Waals surface area contributed by atoms with Crippen LogP contribution in [0.4, 0.5) is 4.79 Å². The van der Waals surface area contributed by atoms with E-state index in [4.69, 9.17) is 39.5 Å². The molecule has 0 bridgehead atoms. The van der Waals surface area contributed by atoms with Gasteiger partial charge in [-0.3, -0.25) is 14.5 Å². The van der Waals surface area contributed by atoms with Gasteiger partial charge in [-0.2, -0.15) is 0 Å². The molecule has 0 atom stereocenters. The van der Waals surface area contributed by atoms with Crippen molar-refractivity contribution in [1.82, 2.24) is 9.80 Å². The van der Waals surface area contributed by atoms with Gasteiger partial charge < -0.3 is 9.64 Å². The molecule has 0 saturated carbocycles. The minimum Gasteiger partial charge on any atom is -0.450 e. The molecule has 0 unspecified atom stereocenters. The van der Waals surface area contributed by atoms with E-state index in [0.29, 0.717) is 43.1 Å². The zero-order chi connectivity index (χ0) is 19.7. The highest BCUT2D eigenvalue weighted by atomic mass is 35.5. The van der Waals surface area contributed by atoms with Crippen molar-refractivity contribution in [2.75, 3.05) is 19.7 Å². The Morgan fingerprint density at radius 1 is 1.15 bits per heavy atom. The molecule has 1 saturated heterocycles. The topological polar surface area (TPSA) is 66.9 Å². The summed E-state index contributed by atoms with van der Waals surface area (Å²) in [6.07, 6.45) is 0.532. The van der Waals surface area contributed by atoms with E-state index in [-0.39, 0.29) is 27.8 Å². The Kier molecular flexibility index (Phi) is 5.99. The van der Waals surface area contributed by atoms with Crippen molar-refractivity contribution in [3.8, 4) is 0 Å². The number of carbonyl (C=O) groups is 3. The molecule has 0 spiro atoms. The summed E-state index contributed by atoms with van der Waals surface area (Å²) in [5.41, 5.74) is 0.451. The number of likely N-dealkylation sites (tertiary alicyclic amines) is 1. The molecule has 0 aromatic heterocycles. The molecule has 0 radical (unpaired) electrons. The summed E-state index contributed by atoms with van der Waals surface area (Å²) in [7, 11) is 0. The zero-order valence-corrected chi connectivity index (χ0v) is 16.8. The van der Waals surface area contributed by atoms with Gasteiger partial charge in [-0.05, 0) is 31.9 Å². The molecular weight excluding hydrogens is 415 g/mol. The Morgan fingerprint density at radius 2 is 1.81 bits per heavy atom. The molecule has 9 heteroatoms. The number of hydrogen-bond acceptors (Lipinski definition) is 4. The quantitative estimate of drug-likeness (QED) is 0.680. The molecule has 3 amide bonds. The maximum absolute atomic E-state index is 12.9. The Morgan fingerprint density at radius 3 is 2.41 bits per heavy atom. The molecule has 144 valence electrons. The van der Waals surface area contributed by atoms with Crippen LogP contribution >= 0.6 is 34.8 Å². The van der Waals surface area contributed by atoms with Crippen LogP contribution in [0.2, 0.25) is 10.0 Å². The highest BCUT2D eigenvalue weighted by Gasteiger charge is 2.43. The van der Waals surface area contributed by atoms with E-state index in [1.165, 1.54) is 11.0 Å². The number of benzene rings is 1. The second kappa shape index (κ2) is 8.09. The number of carbonyl (C=O) groups excluding carboxylic acids is 3. The van der Waals surface area contributed by atoms with Crippen molar-refractivity contribution in [2.45, 2.75) is 25.8 Å². The van der Waals surface area contributed by atoms with Crippen molar-refractivity contribution < 1.29 is 19.1 Å². The number of imide groups is 1. The van der Waals surface area contributed by atoms with E-state index >= 15 is 0 Å². The number of halogens is 3. The van der Waals surface area contributed by atoms with E-state index in [1.807, 2.05) is 0 Å². The van der Waals surface area contributed by atoms with Crippen LogP contribution in [0.1, 0.15) is 25.3 Å². The van der Waals surface area contributed by atoms with E-state index in [2.05, 4.69) is 0 Å². The first-order valence-corrected chi connectivity index (χ1v) is 9.63. The molecule has 2 aliphatic heterocycles. The Hall–Kier alpha value is -1.76. The van der Waals surface area contributed by atoms with Gasteiger partial charge in [0.05, 0.1) is 17.2 Å². The lowest BCUT2D eigenvalue weighted by atomic mass is 10.0. The van der Waals surface area contributed by atoms with Gasteiger partial charge in [0, 0.05) is 29.7 Å². The van der Waals surface area contributed by atoms with Gasteiger partial charge in [-0.1, -0.05) is 40.9 Å². The third-order valence-corrected chi connectivity index (χ3v) is 5.51. The van der Waals surface area contributed by atoms with Crippen molar-refractivity contribution >= 4 is 58.3 Å². The zero-order valence-electron chi connectivity index (χ0n) is 14.5. The lowest BCUT2D eigenvalue weighted by Crippen LogP contribution is -2.49. The summed E-state index contributed by atoms with van der Waals surface area (Å²) in [5, 5.41) is 0.508. The maximum Gasteiger partial charge on any atom is 0.409 e. The first-order valence-electron chi connectivity index (χ1n) is 8.50. The van der Waals surface area contributed by atoms with Gasteiger partial charge in [-0.25, -0.2) is 4.79 Å². The summed E-state index contributed by atoms with van der Waals surface area (Å²) < 4.78 is 4.98. The van der Waals surface area contributed by atoms with Gasteiger partial charge in [0.25, 0.3) is 11.8 Å². The monoisotopic (exact) mass is 430 g/mol. The van der Waals surface area contributed by atoms with Crippen LogP contribution in [-0.2, 0) is 14.3 Å². The molecule has 2 aliphatic rings. The maximum atomic E-state index is 12.9. The Bertz CT molecular complexity index is 832. The molecule has 1 aromatic carbocycles. The van der Waals surface area contributed by atoms with Gasteiger partial charge in [-0.15, -0.1) is 0 Å². The van der Waals surface area contributed by atoms with E-state index in [0.717, 1.165) is 0 Å². The van der Waals surface area contributed by atoms with Crippen molar-refractivity contribution in [2.24, 2.45) is 0 Å². The standard InChI is InChI=1S/C18H17Cl3N2O4/c1-2-27-18(26)22-7-5-11(6-8-22)23-16(24)14(15(21)17(23)25)12-4-3-10(19)9-13(12)20/h3-4,9,11H,2,5-8H2,1H3. The summed E-state index contributed by atoms with van der Waals surface area (Å²) in [4.78, 5) is 40.1. The number of piperidine rings is 1. The third kappa shape index (κ3) is 3.79. The summed E-state index contributed by atoms with van der Waals surface area (Å²) in [5.74, 6) is -1.03. The van der Waals surface area contributed by atoms with Gasteiger partial charge in [0.1, 0.15) is 5.03 Å². The first-order chi connectivity index (χ1) is 12.8.